The van der Waals surface area contributed by atoms with E-state index in [1.54, 1.807) is 6.07 Å². The second-order valence-corrected chi connectivity index (χ2v) is 7.90. The number of carbonyl (C=O) groups excluding carboxylic acids is 1. The molecular formula is C23H30N2O3. The minimum absolute atomic E-state index is 0.0812. The molecule has 1 amide bonds. The number of carbonyl (C=O) groups is 1. The molecular weight excluding hydrogens is 352 g/mol. The summed E-state index contributed by atoms with van der Waals surface area (Å²) in [6.07, 6.45) is 0. The van der Waals surface area contributed by atoms with Crippen molar-refractivity contribution >= 4 is 5.91 Å². The molecule has 1 aliphatic heterocycles. The van der Waals surface area contributed by atoms with Gasteiger partial charge >= 0.3 is 0 Å². The zero-order valence-electron chi connectivity index (χ0n) is 17.0. The molecule has 0 unspecified atom stereocenters. The second-order valence-electron chi connectivity index (χ2n) is 7.90. The maximum atomic E-state index is 12.6. The lowest BCUT2D eigenvalue weighted by Crippen LogP contribution is -2.55. The standard InChI is InChI=1S/C23H30N2O3/c1-18-6-4-7-19(14-18)16-28-21-9-5-8-20(15-21)22(26)24-17-23(2,3)25-10-12-27-13-11-25/h4-9,14-15H,10-13,16-17H2,1-3H3,(H,24,26). The summed E-state index contributed by atoms with van der Waals surface area (Å²) < 4.78 is 11.3. The van der Waals surface area contributed by atoms with E-state index in [-0.39, 0.29) is 11.4 Å². The highest BCUT2D eigenvalue weighted by molar-refractivity contribution is 5.94. The van der Waals surface area contributed by atoms with Gasteiger partial charge in [-0.2, -0.15) is 0 Å². The topological polar surface area (TPSA) is 50.8 Å². The van der Waals surface area contributed by atoms with Crippen molar-refractivity contribution in [3.05, 3.63) is 65.2 Å². The molecule has 1 fully saturated rings. The summed E-state index contributed by atoms with van der Waals surface area (Å²) in [7, 11) is 0. The van der Waals surface area contributed by atoms with Crippen LogP contribution in [0.5, 0.6) is 5.75 Å². The van der Waals surface area contributed by atoms with E-state index in [2.05, 4.69) is 43.1 Å². The lowest BCUT2D eigenvalue weighted by Gasteiger charge is -2.40. The number of aryl methyl sites for hydroxylation is 1. The Morgan fingerprint density at radius 1 is 1.14 bits per heavy atom. The molecule has 1 aliphatic rings. The van der Waals surface area contributed by atoms with Gasteiger partial charge in [0.25, 0.3) is 5.91 Å². The van der Waals surface area contributed by atoms with Gasteiger partial charge in [-0.1, -0.05) is 35.9 Å². The summed E-state index contributed by atoms with van der Waals surface area (Å²) in [4.78, 5) is 15.0. The molecule has 3 rings (SSSR count). The number of nitrogens with one attached hydrogen (secondary N) is 1. The molecule has 2 aromatic carbocycles. The first-order valence-corrected chi connectivity index (χ1v) is 9.83. The van der Waals surface area contributed by atoms with Gasteiger partial charge in [-0.3, -0.25) is 9.69 Å². The first kappa shape index (κ1) is 20.4. The van der Waals surface area contributed by atoms with Crippen LogP contribution >= 0.6 is 0 Å². The fraction of sp³-hybridized carbons (Fsp3) is 0.435. The van der Waals surface area contributed by atoms with Crippen LogP contribution in [0.15, 0.2) is 48.5 Å². The Morgan fingerprint density at radius 2 is 1.89 bits per heavy atom. The quantitative estimate of drug-likeness (QED) is 0.797. The van der Waals surface area contributed by atoms with Crippen molar-refractivity contribution in [3.63, 3.8) is 0 Å². The Morgan fingerprint density at radius 3 is 2.64 bits per heavy atom. The van der Waals surface area contributed by atoms with Gasteiger partial charge in [0.1, 0.15) is 12.4 Å². The predicted molar refractivity (Wildman–Crippen MR) is 111 cm³/mol. The van der Waals surface area contributed by atoms with Crippen LogP contribution in [0.1, 0.15) is 35.3 Å². The van der Waals surface area contributed by atoms with E-state index in [4.69, 9.17) is 9.47 Å². The monoisotopic (exact) mass is 382 g/mol. The van der Waals surface area contributed by atoms with Gasteiger partial charge in [0.05, 0.1) is 13.2 Å². The summed E-state index contributed by atoms with van der Waals surface area (Å²) in [6.45, 7) is 10.7. The molecule has 0 aliphatic carbocycles. The van der Waals surface area contributed by atoms with Gasteiger partial charge in [-0.05, 0) is 44.5 Å². The van der Waals surface area contributed by atoms with Crippen molar-refractivity contribution < 1.29 is 14.3 Å². The van der Waals surface area contributed by atoms with Crippen molar-refractivity contribution in [1.82, 2.24) is 10.2 Å². The molecule has 1 N–H and O–H groups in total. The van der Waals surface area contributed by atoms with Gasteiger partial charge in [0.2, 0.25) is 0 Å². The highest BCUT2D eigenvalue weighted by Gasteiger charge is 2.28. The van der Waals surface area contributed by atoms with Gasteiger partial charge in [0.15, 0.2) is 0 Å². The molecule has 1 saturated heterocycles. The summed E-state index contributed by atoms with van der Waals surface area (Å²) in [5, 5.41) is 3.07. The first-order chi connectivity index (χ1) is 13.4. The van der Waals surface area contributed by atoms with Crippen LogP contribution in [0.2, 0.25) is 0 Å². The Labute approximate surface area is 167 Å². The Balaban J connectivity index is 1.56. The smallest absolute Gasteiger partial charge is 0.251 e. The lowest BCUT2D eigenvalue weighted by molar-refractivity contribution is -0.00923. The molecule has 28 heavy (non-hydrogen) atoms. The van der Waals surface area contributed by atoms with Crippen molar-refractivity contribution in [2.45, 2.75) is 32.9 Å². The normalized spacial score (nSPS) is 15.2. The highest BCUT2D eigenvalue weighted by atomic mass is 16.5. The van der Waals surface area contributed by atoms with E-state index in [9.17, 15) is 4.79 Å². The number of benzene rings is 2. The highest BCUT2D eigenvalue weighted by Crippen LogP contribution is 2.18. The summed E-state index contributed by atoms with van der Waals surface area (Å²) in [6, 6.07) is 15.6. The molecule has 2 aromatic rings. The van der Waals surface area contributed by atoms with Crippen LogP contribution in [0.3, 0.4) is 0 Å². The third-order valence-corrected chi connectivity index (χ3v) is 5.13. The Kier molecular flexibility index (Phi) is 6.70. The molecule has 0 atom stereocenters. The Bertz CT molecular complexity index is 798. The van der Waals surface area contributed by atoms with E-state index in [1.807, 2.05) is 30.3 Å². The van der Waals surface area contributed by atoms with Crippen molar-refractivity contribution in [1.29, 1.82) is 0 Å². The minimum atomic E-state index is -0.112. The minimum Gasteiger partial charge on any atom is -0.489 e. The SMILES string of the molecule is Cc1cccc(COc2cccc(C(=O)NCC(C)(C)N3CCOCC3)c2)c1. The van der Waals surface area contributed by atoms with Crippen molar-refractivity contribution in [2.75, 3.05) is 32.8 Å². The largest absolute Gasteiger partial charge is 0.489 e. The van der Waals surface area contributed by atoms with Gasteiger partial charge in [-0.25, -0.2) is 0 Å². The molecule has 5 heteroatoms. The number of ether oxygens (including phenoxy) is 2. The number of amides is 1. The molecule has 0 saturated carbocycles. The average Bonchev–Trinajstić information content (AvgIpc) is 2.71. The fourth-order valence-corrected chi connectivity index (χ4v) is 3.37. The molecule has 150 valence electrons. The lowest BCUT2D eigenvalue weighted by atomic mass is 10.0. The van der Waals surface area contributed by atoms with E-state index in [0.717, 1.165) is 31.9 Å². The second kappa shape index (κ2) is 9.22. The third-order valence-electron chi connectivity index (χ3n) is 5.13. The van der Waals surface area contributed by atoms with Gasteiger partial charge < -0.3 is 14.8 Å². The van der Waals surface area contributed by atoms with E-state index >= 15 is 0 Å². The maximum Gasteiger partial charge on any atom is 0.251 e. The molecule has 0 spiro atoms. The molecule has 5 nitrogen and oxygen atoms in total. The Hall–Kier alpha value is -2.37. The third kappa shape index (κ3) is 5.57. The van der Waals surface area contributed by atoms with E-state index in [1.165, 1.54) is 5.56 Å². The van der Waals surface area contributed by atoms with Crippen LogP contribution in [0.25, 0.3) is 0 Å². The van der Waals surface area contributed by atoms with Gasteiger partial charge in [-0.15, -0.1) is 0 Å². The average molecular weight is 383 g/mol. The van der Waals surface area contributed by atoms with Crippen molar-refractivity contribution in [3.8, 4) is 5.75 Å². The first-order valence-electron chi connectivity index (χ1n) is 9.83. The molecule has 1 heterocycles. The molecule has 0 bridgehead atoms. The maximum absolute atomic E-state index is 12.6. The van der Waals surface area contributed by atoms with Crippen LogP contribution in [0.4, 0.5) is 0 Å². The number of nitrogens with zero attached hydrogens (tertiary/aromatic N) is 1. The van der Waals surface area contributed by atoms with Gasteiger partial charge in [0, 0.05) is 30.7 Å². The van der Waals surface area contributed by atoms with E-state index < -0.39 is 0 Å². The number of morpholine rings is 1. The number of rotatable bonds is 7. The zero-order valence-corrected chi connectivity index (χ0v) is 17.0. The number of hydrogen-bond acceptors (Lipinski definition) is 4. The van der Waals surface area contributed by atoms with Crippen LogP contribution in [0, 0.1) is 6.92 Å². The van der Waals surface area contributed by atoms with E-state index in [0.29, 0.717) is 24.5 Å². The summed E-state index contributed by atoms with van der Waals surface area (Å²) >= 11 is 0. The summed E-state index contributed by atoms with van der Waals surface area (Å²) in [5.74, 6) is 0.615. The van der Waals surface area contributed by atoms with Crippen LogP contribution in [-0.2, 0) is 11.3 Å². The molecule has 0 radical (unpaired) electrons. The van der Waals surface area contributed by atoms with Crippen LogP contribution < -0.4 is 10.1 Å². The van der Waals surface area contributed by atoms with Crippen LogP contribution in [-0.4, -0.2) is 49.2 Å². The molecule has 0 aromatic heterocycles. The summed E-state index contributed by atoms with van der Waals surface area (Å²) in [5.41, 5.74) is 2.82. The van der Waals surface area contributed by atoms with Crippen molar-refractivity contribution in [2.24, 2.45) is 0 Å². The number of hydrogen-bond donors (Lipinski definition) is 1. The zero-order chi connectivity index (χ0) is 20.0. The predicted octanol–water partition coefficient (Wildman–Crippen LogP) is 3.41. The fourth-order valence-electron chi connectivity index (χ4n) is 3.37.